The highest BCUT2D eigenvalue weighted by Crippen LogP contribution is 2.35. The molecule has 0 saturated heterocycles. The zero-order valence-corrected chi connectivity index (χ0v) is 20.5. The van der Waals surface area contributed by atoms with Crippen molar-refractivity contribution >= 4 is 21.9 Å². The third-order valence-corrected chi connectivity index (χ3v) is 6.34. The van der Waals surface area contributed by atoms with Gasteiger partial charge in [-0.25, -0.2) is 9.37 Å². The standard InChI is InChI=1S/C29H25FN6O/c1-36(2)10-11-37-22-13-20(16-31-17-22)18-6-7-26-25(14-18)28(35-34-26)27-15-24-23(8-9-32-29(24)33-27)19-4-3-5-21(30)12-19/h3-9,12-17H,10-11H2,1-2H3,(H,32,33)(H,34,35). The quantitative estimate of drug-likeness (QED) is 0.289. The predicted molar refractivity (Wildman–Crippen MR) is 144 cm³/mol. The van der Waals surface area contributed by atoms with Crippen LogP contribution < -0.4 is 4.74 Å². The molecule has 0 aliphatic carbocycles. The number of fused-ring (bicyclic) bond motifs is 2. The lowest BCUT2D eigenvalue weighted by Gasteiger charge is -2.11. The summed E-state index contributed by atoms with van der Waals surface area (Å²) in [4.78, 5) is 14.3. The second-order valence-corrected chi connectivity index (χ2v) is 9.21. The van der Waals surface area contributed by atoms with E-state index in [1.165, 1.54) is 12.1 Å². The van der Waals surface area contributed by atoms with Gasteiger partial charge in [-0.2, -0.15) is 5.10 Å². The topological polar surface area (TPSA) is 82.7 Å². The van der Waals surface area contributed by atoms with E-state index in [0.29, 0.717) is 6.61 Å². The molecule has 184 valence electrons. The van der Waals surface area contributed by atoms with Crippen LogP contribution in [0.4, 0.5) is 4.39 Å². The van der Waals surface area contributed by atoms with Crippen LogP contribution in [-0.2, 0) is 0 Å². The highest BCUT2D eigenvalue weighted by molar-refractivity contribution is 6.00. The summed E-state index contributed by atoms with van der Waals surface area (Å²) in [7, 11) is 4.03. The molecular formula is C29H25FN6O. The Morgan fingerprint density at radius 1 is 0.919 bits per heavy atom. The van der Waals surface area contributed by atoms with E-state index in [-0.39, 0.29) is 5.82 Å². The van der Waals surface area contributed by atoms with E-state index in [0.717, 1.165) is 67.9 Å². The van der Waals surface area contributed by atoms with Crippen molar-refractivity contribution in [2.75, 3.05) is 27.2 Å². The van der Waals surface area contributed by atoms with Crippen molar-refractivity contribution in [2.45, 2.75) is 0 Å². The van der Waals surface area contributed by atoms with E-state index in [4.69, 9.17) is 4.74 Å². The Morgan fingerprint density at radius 3 is 2.70 bits per heavy atom. The number of hydrogen-bond acceptors (Lipinski definition) is 5. The van der Waals surface area contributed by atoms with Crippen LogP contribution in [0.25, 0.3) is 55.6 Å². The van der Waals surface area contributed by atoms with Crippen LogP contribution in [0.15, 0.2) is 79.3 Å². The zero-order chi connectivity index (χ0) is 25.4. The molecule has 0 spiro atoms. The fourth-order valence-corrected chi connectivity index (χ4v) is 4.46. The van der Waals surface area contributed by atoms with Gasteiger partial charge in [0.2, 0.25) is 0 Å². The second-order valence-electron chi connectivity index (χ2n) is 9.21. The summed E-state index contributed by atoms with van der Waals surface area (Å²) in [6.07, 6.45) is 5.29. The fraction of sp³-hybridized carbons (Fsp3) is 0.138. The lowest BCUT2D eigenvalue weighted by Crippen LogP contribution is -2.19. The van der Waals surface area contributed by atoms with Crippen molar-refractivity contribution in [1.29, 1.82) is 0 Å². The first-order valence-electron chi connectivity index (χ1n) is 12.0. The molecule has 0 saturated carbocycles. The van der Waals surface area contributed by atoms with Crippen molar-refractivity contribution < 1.29 is 9.13 Å². The molecule has 0 amide bonds. The summed E-state index contributed by atoms with van der Waals surface area (Å²) in [5, 5.41) is 9.60. The smallest absolute Gasteiger partial charge is 0.138 e. The van der Waals surface area contributed by atoms with Gasteiger partial charge in [-0.3, -0.25) is 10.1 Å². The summed E-state index contributed by atoms with van der Waals surface area (Å²) in [5.41, 5.74) is 6.92. The normalized spacial score (nSPS) is 11.6. The molecule has 6 aromatic rings. The van der Waals surface area contributed by atoms with E-state index in [1.54, 1.807) is 18.5 Å². The number of ether oxygens (including phenoxy) is 1. The Balaban J connectivity index is 1.38. The number of benzene rings is 2. The minimum atomic E-state index is -0.272. The average molecular weight is 493 g/mol. The van der Waals surface area contributed by atoms with E-state index < -0.39 is 0 Å². The lowest BCUT2D eigenvalue weighted by molar-refractivity contribution is 0.261. The summed E-state index contributed by atoms with van der Waals surface area (Å²) in [6.45, 7) is 1.42. The maximum atomic E-state index is 13.9. The van der Waals surface area contributed by atoms with E-state index in [9.17, 15) is 4.39 Å². The molecule has 6 rings (SSSR count). The van der Waals surface area contributed by atoms with Gasteiger partial charge in [0.25, 0.3) is 0 Å². The van der Waals surface area contributed by atoms with Gasteiger partial charge in [-0.05, 0) is 73.3 Å². The molecule has 4 aromatic heterocycles. The van der Waals surface area contributed by atoms with Gasteiger partial charge in [-0.15, -0.1) is 0 Å². The first kappa shape index (κ1) is 22.9. The number of pyridine rings is 2. The fourth-order valence-electron chi connectivity index (χ4n) is 4.46. The molecular weight excluding hydrogens is 467 g/mol. The van der Waals surface area contributed by atoms with Crippen molar-refractivity contribution in [3.8, 4) is 39.4 Å². The summed E-state index contributed by atoms with van der Waals surface area (Å²) < 4.78 is 19.8. The number of halogens is 1. The molecule has 0 aliphatic heterocycles. The van der Waals surface area contributed by atoms with Crippen LogP contribution >= 0.6 is 0 Å². The molecule has 0 atom stereocenters. The molecule has 0 unspecified atom stereocenters. The predicted octanol–water partition coefficient (Wildman–Crippen LogP) is 5.91. The Hall–Kier alpha value is -4.56. The SMILES string of the molecule is CN(C)CCOc1cncc(-c2ccc3[nH]nc(-c4cc5c(-c6cccc(F)c6)ccnc5[nH]4)c3c2)c1. The van der Waals surface area contributed by atoms with Crippen LogP contribution in [0, 0.1) is 5.82 Å². The Bertz CT molecular complexity index is 1720. The summed E-state index contributed by atoms with van der Waals surface area (Å²) >= 11 is 0. The minimum absolute atomic E-state index is 0.272. The largest absolute Gasteiger partial charge is 0.491 e. The van der Waals surface area contributed by atoms with Crippen molar-refractivity contribution in [3.05, 3.63) is 85.1 Å². The van der Waals surface area contributed by atoms with Gasteiger partial charge >= 0.3 is 0 Å². The molecule has 37 heavy (non-hydrogen) atoms. The number of aromatic nitrogens is 5. The molecule has 7 nitrogen and oxygen atoms in total. The van der Waals surface area contributed by atoms with Crippen molar-refractivity contribution in [1.82, 2.24) is 30.0 Å². The monoisotopic (exact) mass is 492 g/mol. The molecule has 2 N–H and O–H groups in total. The van der Waals surface area contributed by atoms with Crippen LogP contribution in [0.1, 0.15) is 0 Å². The van der Waals surface area contributed by atoms with E-state index in [1.807, 2.05) is 56.7 Å². The lowest BCUT2D eigenvalue weighted by atomic mass is 10.0. The summed E-state index contributed by atoms with van der Waals surface area (Å²) in [6, 6.07) is 18.7. The van der Waals surface area contributed by atoms with Crippen LogP contribution in [0.3, 0.4) is 0 Å². The first-order valence-corrected chi connectivity index (χ1v) is 12.0. The first-order chi connectivity index (χ1) is 18.0. The Labute approximate surface area is 213 Å². The van der Waals surface area contributed by atoms with Crippen LogP contribution in [0.2, 0.25) is 0 Å². The molecule has 0 fully saturated rings. The molecule has 0 radical (unpaired) electrons. The number of hydrogen-bond donors (Lipinski definition) is 2. The third-order valence-electron chi connectivity index (χ3n) is 6.34. The Morgan fingerprint density at radius 2 is 1.84 bits per heavy atom. The van der Waals surface area contributed by atoms with Gasteiger partial charge in [0.05, 0.1) is 17.4 Å². The zero-order valence-electron chi connectivity index (χ0n) is 20.5. The maximum absolute atomic E-state index is 13.9. The number of H-pyrrole nitrogens is 2. The second kappa shape index (κ2) is 9.48. The maximum Gasteiger partial charge on any atom is 0.138 e. The van der Waals surface area contributed by atoms with Gasteiger partial charge in [0.1, 0.15) is 29.5 Å². The van der Waals surface area contributed by atoms with Crippen molar-refractivity contribution in [3.63, 3.8) is 0 Å². The summed E-state index contributed by atoms with van der Waals surface area (Å²) in [5.74, 6) is 0.462. The number of aromatic amines is 2. The number of nitrogens with zero attached hydrogens (tertiary/aromatic N) is 4. The molecule has 0 bridgehead atoms. The highest BCUT2D eigenvalue weighted by atomic mass is 19.1. The number of rotatable bonds is 7. The number of likely N-dealkylation sites (N-methyl/N-ethyl adjacent to an activating group) is 1. The van der Waals surface area contributed by atoms with E-state index in [2.05, 4.69) is 36.1 Å². The van der Waals surface area contributed by atoms with Crippen LogP contribution in [0.5, 0.6) is 5.75 Å². The van der Waals surface area contributed by atoms with Gasteiger partial charge in [0, 0.05) is 35.3 Å². The van der Waals surface area contributed by atoms with Gasteiger partial charge in [0.15, 0.2) is 0 Å². The minimum Gasteiger partial charge on any atom is -0.491 e. The molecule has 8 heteroatoms. The van der Waals surface area contributed by atoms with Crippen molar-refractivity contribution in [2.24, 2.45) is 0 Å². The van der Waals surface area contributed by atoms with Gasteiger partial charge in [-0.1, -0.05) is 18.2 Å². The van der Waals surface area contributed by atoms with E-state index >= 15 is 0 Å². The molecule has 2 aromatic carbocycles. The van der Waals surface area contributed by atoms with Crippen LogP contribution in [-0.4, -0.2) is 57.3 Å². The Kier molecular flexibility index (Phi) is 5.86. The molecule has 0 aliphatic rings. The average Bonchev–Trinajstić information content (AvgIpc) is 3.52. The third kappa shape index (κ3) is 4.54. The highest BCUT2D eigenvalue weighted by Gasteiger charge is 2.15. The van der Waals surface area contributed by atoms with Gasteiger partial charge < -0.3 is 14.6 Å². The number of nitrogens with one attached hydrogen (secondary N) is 2. The molecule has 4 heterocycles.